The van der Waals surface area contributed by atoms with E-state index in [1.165, 1.54) is 19.3 Å². The molecule has 5 nitrogen and oxygen atoms in total. The van der Waals surface area contributed by atoms with E-state index in [0.29, 0.717) is 6.61 Å². The number of hydrazine groups is 1. The van der Waals surface area contributed by atoms with E-state index in [0.717, 1.165) is 49.9 Å². The normalized spacial score (nSPS) is 43.8. The van der Waals surface area contributed by atoms with Gasteiger partial charge in [0.1, 0.15) is 6.10 Å². The number of carbonyl (C=O) groups is 2. The van der Waals surface area contributed by atoms with E-state index in [2.05, 4.69) is 10.9 Å². The van der Waals surface area contributed by atoms with Crippen LogP contribution in [0.4, 0.5) is 0 Å². The fourth-order valence-corrected chi connectivity index (χ4v) is 5.50. The molecule has 5 aliphatic rings. The third kappa shape index (κ3) is 2.35. The Balaban J connectivity index is 1.37. The van der Waals surface area contributed by atoms with Crippen molar-refractivity contribution in [2.75, 3.05) is 6.61 Å². The molecule has 21 heavy (non-hydrogen) atoms. The third-order valence-corrected chi connectivity index (χ3v) is 6.04. The second-order valence-electron chi connectivity index (χ2n) is 7.64. The minimum atomic E-state index is -0.387. The Morgan fingerprint density at radius 2 is 1.57 bits per heavy atom. The predicted molar refractivity (Wildman–Crippen MR) is 75.9 cm³/mol. The van der Waals surface area contributed by atoms with Crippen LogP contribution in [0, 0.1) is 23.2 Å². The van der Waals surface area contributed by atoms with E-state index in [9.17, 15) is 9.59 Å². The Hall–Kier alpha value is -1.10. The molecule has 5 heteroatoms. The molecule has 2 N–H and O–H groups in total. The Labute approximate surface area is 125 Å². The van der Waals surface area contributed by atoms with E-state index in [1.807, 2.05) is 0 Å². The molecule has 1 aliphatic heterocycles. The van der Waals surface area contributed by atoms with E-state index in [4.69, 9.17) is 4.74 Å². The van der Waals surface area contributed by atoms with Crippen LogP contribution < -0.4 is 10.9 Å². The van der Waals surface area contributed by atoms with Gasteiger partial charge in [0.25, 0.3) is 5.91 Å². The van der Waals surface area contributed by atoms with Gasteiger partial charge in [-0.1, -0.05) is 0 Å². The molecular weight excluding hydrogens is 268 g/mol. The molecule has 4 aliphatic carbocycles. The summed E-state index contributed by atoms with van der Waals surface area (Å²) in [6.45, 7) is 0.640. The minimum Gasteiger partial charge on any atom is -0.368 e. The summed E-state index contributed by atoms with van der Waals surface area (Å²) < 4.78 is 5.33. The highest BCUT2D eigenvalue weighted by Crippen LogP contribution is 2.59. The summed E-state index contributed by atoms with van der Waals surface area (Å²) in [6, 6.07) is 0. The lowest BCUT2D eigenvalue weighted by atomic mass is 9.49. The third-order valence-electron chi connectivity index (χ3n) is 6.04. The monoisotopic (exact) mass is 292 g/mol. The van der Waals surface area contributed by atoms with Crippen molar-refractivity contribution in [3.63, 3.8) is 0 Å². The average molecular weight is 292 g/mol. The van der Waals surface area contributed by atoms with E-state index in [1.54, 1.807) is 0 Å². The Morgan fingerprint density at radius 1 is 0.952 bits per heavy atom. The van der Waals surface area contributed by atoms with Crippen LogP contribution in [0.2, 0.25) is 0 Å². The SMILES string of the molecule is O=C(NNC(=O)C12CC3CC(CC(C3)C1)C2)[C@H]1CCCO1. The van der Waals surface area contributed by atoms with Crippen LogP contribution in [0.15, 0.2) is 0 Å². The first-order chi connectivity index (χ1) is 10.1. The van der Waals surface area contributed by atoms with Gasteiger partial charge in [-0.15, -0.1) is 0 Å². The first kappa shape index (κ1) is 13.6. The molecule has 5 rings (SSSR count). The lowest BCUT2D eigenvalue weighted by molar-refractivity contribution is -0.150. The molecule has 0 aromatic carbocycles. The summed E-state index contributed by atoms with van der Waals surface area (Å²) in [5.74, 6) is 2.03. The number of nitrogens with one attached hydrogen (secondary N) is 2. The van der Waals surface area contributed by atoms with E-state index < -0.39 is 0 Å². The number of ether oxygens (including phenoxy) is 1. The summed E-state index contributed by atoms with van der Waals surface area (Å²) in [7, 11) is 0. The lowest BCUT2D eigenvalue weighted by Gasteiger charge is -2.55. The zero-order chi connectivity index (χ0) is 14.4. The maximum Gasteiger partial charge on any atom is 0.267 e. The summed E-state index contributed by atoms with van der Waals surface area (Å²) >= 11 is 0. The Morgan fingerprint density at radius 3 is 2.10 bits per heavy atom. The van der Waals surface area contributed by atoms with Gasteiger partial charge in [-0.3, -0.25) is 20.4 Å². The molecule has 0 aromatic rings. The van der Waals surface area contributed by atoms with Crippen molar-refractivity contribution in [2.24, 2.45) is 23.2 Å². The predicted octanol–water partition coefficient (Wildman–Crippen LogP) is 1.53. The summed E-state index contributed by atoms with van der Waals surface area (Å²) in [5, 5.41) is 0. The van der Waals surface area contributed by atoms with Crippen LogP contribution in [0.1, 0.15) is 51.4 Å². The van der Waals surface area contributed by atoms with Gasteiger partial charge in [0.05, 0.1) is 5.41 Å². The largest absolute Gasteiger partial charge is 0.368 e. The number of amides is 2. The smallest absolute Gasteiger partial charge is 0.267 e. The van der Waals surface area contributed by atoms with Crippen molar-refractivity contribution < 1.29 is 14.3 Å². The zero-order valence-corrected chi connectivity index (χ0v) is 12.4. The van der Waals surface area contributed by atoms with Crippen LogP contribution >= 0.6 is 0 Å². The van der Waals surface area contributed by atoms with Crippen molar-refractivity contribution >= 4 is 11.8 Å². The lowest BCUT2D eigenvalue weighted by Crippen LogP contribution is -2.57. The molecule has 116 valence electrons. The molecule has 4 bridgehead atoms. The second-order valence-corrected chi connectivity index (χ2v) is 7.64. The zero-order valence-electron chi connectivity index (χ0n) is 12.4. The maximum atomic E-state index is 12.6. The van der Waals surface area contributed by atoms with Crippen LogP contribution in [-0.2, 0) is 14.3 Å². The average Bonchev–Trinajstić information content (AvgIpc) is 2.97. The number of carbonyl (C=O) groups excluding carboxylic acids is 2. The molecule has 0 aromatic heterocycles. The van der Waals surface area contributed by atoms with Crippen molar-refractivity contribution in [2.45, 2.75) is 57.5 Å². The Bertz CT molecular complexity index is 421. The van der Waals surface area contributed by atoms with E-state index >= 15 is 0 Å². The van der Waals surface area contributed by atoms with Crippen LogP contribution in [0.25, 0.3) is 0 Å². The van der Waals surface area contributed by atoms with Gasteiger partial charge in [0.2, 0.25) is 5.91 Å². The highest BCUT2D eigenvalue weighted by atomic mass is 16.5. The van der Waals surface area contributed by atoms with E-state index in [-0.39, 0.29) is 23.3 Å². The topological polar surface area (TPSA) is 67.4 Å². The van der Waals surface area contributed by atoms with Gasteiger partial charge in [0.15, 0.2) is 0 Å². The van der Waals surface area contributed by atoms with Gasteiger partial charge in [-0.25, -0.2) is 0 Å². The van der Waals surface area contributed by atoms with Gasteiger partial charge in [-0.2, -0.15) is 0 Å². The molecule has 0 radical (unpaired) electrons. The molecule has 0 spiro atoms. The fourth-order valence-electron chi connectivity index (χ4n) is 5.50. The molecule has 1 atom stereocenters. The van der Waals surface area contributed by atoms with Gasteiger partial charge in [-0.05, 0) is 69.1 Å². The number of rotatable bonds is 2. The van der Waals surface area contributed by atoms with Crippen LogP contribution in [-0.4, -0.2) is 24.5 Å². The van der Waals surface area contributed by atoms with Crippen LogP contribution in [0.5, 0.6) is 0 Å². The summed E-state index contributed by atoms with van der Waals surface area (Å²) in [4.78, 5) is 24.6. The molecule has 2 amide bonds. The number of hydrogen-bond acceptors (Lipinski definition) is 3. The van der Waals surface area contributed by atoms with Crippen LogP contribution in [0.3, 0.4) is 0 Å². The molecule has 0 unspecified atom stereocenters. The summed E-state index contributed by atoms with van der Waals surface area (Å²) in [5.41, 5.74) is 5.07. The van der Waals surface area contributed by atoms with Crippen molar-refractivity contribution in [3.8, 4) is 0 Å². The maximum absolute atomic E-state index is 12.6. The van der Waals surface area contributed by atoms with Crippen molar-refractivity contribution in [1.82, 2.24) is 10.9 Å². The first-order valence-corrected chi connectivity index (χ1v) is 8.36. The molecule has 4 saturated carbocycles. The van der Waals surface area contributed by atoms with Crippen molar-refractivity contribution in [1.29, 1.82) is 0 Å². The molecule has 5 fully saturated rings. The van der Waals surface area contributed by atoms with Gasteiger partial charge in [0, 0.05) is 6.61 Å². The summed E-state index contributed by atoms with van der Waals surface area (Å²) in [6.07, 6.45) is 8.27. The van der Waals surface area contributed by atoms with Crippen molar-refractivity contribution in [3.05, 3.63) is 0 Å². The fraction of sp³-hybridized carbons (Fsp3) is 0.875. The highest BCUT2D eigenvalue weighted by Gasteiger charge is 2.54. The standard InChI is InChI=1S/C16H24N2O3/c19-14(13-2-1-3-21-13)17-18-15(20)16-7-10-4-11(8-16)6-12(5-10)9-16/h10-13H,1-9H2,(H,17,19)(H,18,20)/t10?,11?,12?,13-,16?/m1/s1. The highest BCUT2D eigenvalue weighted by molar-refractivity contribution is 5.87. The molecule has 1 saturated heterocycles. The molecule has 1 heterocycles. The number of hydrogen-bond donors (Lipinski definition) is 2. The van der Waals surface area contributed by atoms with Gasteiger partial charge < -0.3 is 4.74 Å². The Kier molecular flexibility index (Phi) is 3.21. The first-order valence-electron chi connectivity index (χ1n) is 8.36. The van der Waals surface area contributed by atoms with Gasteiger partial charge >= 0.3 is 0 Å². The minimum absolute atomic E-state index is 0.0351. The second kappa shape index (κ2) is 4.97. The quantitative estimate of drug-likeness (QED) is 0.758. The molecular formula is C16H24N2O3.